The Balaban J connectivity index is 1.94. The number of pyridine rings is 2. The van der Waals surface area contributed by atoms with Crippen molar-refractivity contribution in [1.29, 1.82) is 0 Å². The number of nitrogens with zero attached hydrogens (tertiary/aromatic N) is 2. The summed E-state index contributed by atoms with van der Waals surface area (Å²) in [5.41, 5.74) is 2.10. The number of anilines is 1. The highest BCUT2D eigenvalue weighted by Gasteiger charge is 2.07. The zero-order chi connectivity index (χ0) is 15.2. The molecule has 0 saturated heterocycles. The average molecular weight is 286 g/mol. The number of nitrogens with one attached hydrogen (secondary N) is 2. The first-order valence-electron chi connectivity index (χ1n) is 6.20. The van der Waals surface area contributed by atoms with Gasteiger partial charge in [0.05, 0.1) is 29.7 Å². The van der Waals surface area contributed by atoms with Crippen LogP contribution in [0.25, 0.3) is 0 Å². The summed E-state index contributed by atoms with van der Waals surface area (Å²) in [5.74, 6) is -1.03. The van der Waals surface area contributed by atoms with Gasteiger partial charge in [0.2, 0.25) is 0 Å². The van der Waals surface area contributed by atoms with Crippen LogP contribution in [0.3, 0.4) is 0 Å². The van der Waals surface area contributed by atoms with Gasteiger partial charge in [0, 0.05) is 12.4 Å². The van der Waals surface area contributed by atoms with Gasteiger partial charge in [-0.2, -0.15) is 0 Å². The van der Waals surface area contributed by atoms with Gasteiger partial charge in [-0.3, -0.25) is 9.97 Å². The molecule has 2 aromatic heterocycles. The van der Waals surface area contributed by atoms with Crippen LogP contribution in [0.5, 0.6) is 0 Å². The largest absolute Gasteiger partial charge is 0.478 e. The topological polar surface area (TPSA) is 104 Å². The quantitative estimate of drug-likeness (QED) is 0.795. The molecule has 0 radical (unpaired) electrons. The molecule has 2 aromatic rings. The minimum atomic E-state index is -1.03. The summed E-state index contributed by atoms with van der Waals surface area (Å²) in [7, 11) is 0. The summed E-state index contributed by atoms with van der Waals surface area (Å²) in [6.07, 6.45) is 4.58. The van der Waals surface area contributed by atoms with Gasteiger partial charge in [0.25, 0.3) is 0 Å². The second-order valence-electron chi connectivity index (χ2n) is 4.34. The van der Waals surface area contributed by atoms with E-state index in [-0.39, 0.29) is 12.1 Å². The van der Waals surface area contributed by atoms with E-state index in [0.717, 1.165) is 5.56 Å². The van der Waals surface area contributed by atoms with E-state index in [2.05, 4.69) is 20.6 Å². The number of carbonyl (C=O) groups excluding carboxylic acids is 1. The summed E-state index contributed by atoms with van der Waals surface area (Å²) in [6, 6.07) is 4.18. The minimum Gasteiger partial charge on any atom is -0.478 e. The number of rotatable bonds is 4. The van der Waals surface area contributed by atoms with Crippen LogP contribution in [-0.4, -0.2) is 27.1 Å². The van der Waals surface area contributed by atoms with Gasteiger partial charge in [0.1, 0.15) is 0 Å². The van der Waals surface area contributed by atoms with E-state index in [9.17, 15) is 9.59 Å². The van der Waals surface area contributed by atoms with Crippen LogP contribution >= 0.6 is 0 Å². The minimum absolute atomic E-state index is 0.130. The SMILES string of the molecule is Cc1ccncc1NC(=O)NCc1cc(C(=O)O)ccn1. The Morgan fingerprint density at radius 2 is 2.10 bits per heavy atom. The molecule has 2 heterocycles. The zero-order valence-corrected chi connectivity index (χ0v) is 11.3. The fourth-order valence-corrected chi connectivity index (χ4v) is 1.64. The zero-order valence-electron chi connectivity index (χ0n) is 11.3. The average Bonchev–Trinajstić information content (AvgIpc) is 2.48. The first-order chi connectivity index (χ1) is 10.1. The van der Waals surface area contributed by atoms with Crippen molar-refractivity contribution in [2.24, 2.45) is 0 Å². The summed E-state index contributed by atoms with van der Waals surface area (Å²) in [5, 5.41) is 14.1. The van der Waals surface area contributed by atoms with Crippen molar-refractivity contribution in [2.45, 2.75) is 13.5 Å². The maximum Gasteiger partial charge on any atom is 0.335 e. The molecule has 2 rings (SSSR count). The van der Waals surface area contributed by atoms with E-state index >= 15 is 0 Å². The highest BCUT2D eigenvalue weighted by atomic mass is 16.4. The van der Waals surface area contributed by atoms with Gasteiger partial charge in [-0.25, -0.2) is 9.59 Å². The molecule has 0 aromatic carbocycles. The number of carboxylic acids is 1. The number of urea groups is 1. The van der Waals surface area contributed by atoms with Crippen molar-refractivity contribution in [1.82, 2.24) is 15.3 Å². The Morgan fingerprint density at radius 1 is 1.29 bits per heavy atom. The van der Waals surface area contributed by atoms with Crippen molar-refractivity contribution in [2.75, 3.05) is 5.32 Å². The van der Waals surface area contributed by atoms with Crippen LogP contribution in [0.15, 0.2) is 36.8 Å². The summed E-state index contributed by atoms with van der Waals surface area (Å²) in [6.45, 7) is 1.99. The maximum atomic E-state index is 11.8. The molecule has 0 aliphatic carbocycles. The molecule has 0 bridgehead atoms. The Hall–Kier alpha value is -2.96. The van der Waals surface area contributed by atoms with E-state index in [4.69, 9.17) is 5.11 Å². The number of amides is 2. The molecule has 7 nitrogen and oxygen atoms in total. The van der Waals surface area contributed by atoms with Crippen LogP contribution in [0, 0.1) is 6.92 Å². The number of aromatic nitrogens is 2. The van der Waals surface area contributed by atoms with E-state index in [1.165, 1.54) is 18.3 Å². The standard InChI is InChI=1S/C14H14N4O3/c1-9-2-4-15-8-12(9)18-14(21)17-7-11-6-10(13(19)20)3-5-16-11/h2-6,8H,7H2,1H3,(H,19,20)(H2,17,18,21). The Morgan fingerprint density at radius 3 is 2.81 bits per heavy atom. The molecule has 0 unspecified atom stereocenters. The van der Waals surface area contributed by atoms with Gasteiger partial charge in [-0.15, -0.1) is 0 Å². The third-order valence-corrected chi connectivity index (χ3v) is 2.78. The number of carbonyl (C=O) groups is 2. The highest BCUT2D eigenvalue weighted by molar-refractivity contribution is 5.90. The second kappa shape index (κ2) is 6.47. The summed E-state index contributed by atoms with van der Waals surface area (Å²) < 4.78 is 0. The molecule has 0 fully saturated rings. The molecule has 0 aliphatic rings. The third-order valence-electron chi connectivity index (χ3n) is 2.78. The smallest absolute Gasteiger partial charge is 0.335 e. The summed E-state index contributed by atoms with van der Waals surface area (Å²) in [4.78, 5) is 30.5. The van der Waals surface area contributed by atoms with E-state index in [0.29, 0.717) is 11.4 Å². The number of hydrogen-bond acceptors (Lipinski definition) is 4. The van der Waals surface area contributed by atoms with Crippen LogP contribution < -0.4 is 10.6 Å². The van der Waals surface area contributed by atoms with Crippen molar-refractivity contribution in [3.05, 3.63) is 53.6 Å². The molecule has 0 spiro atoms. The first-order valence-corrected chi connectivity index (χ1v) is 6.20. The lowest BCUT2D eigenvalue weighted by Crippen LogP contribution is -2.29. The van der Waals surface area contributed by atoms with Crippen LogP contribution in [0.4, 0.5) is 10.5 Å². The van der Waals surface area contributed by atoms with Crippen molar-refractivity contribution < 1.29 is 14.7 Å². The summed E-state index contributed by atoms with van der Waals surface area (Å²) >= 11 is 0. The predicted octanol–water partition coefficient (Wildman–Crippen LogP) is 1.80. The molecule has 0 atom stereocenters. The van der Waals surface area contributed by atoms with E-state index < -0.39 is 12.0 Å². The Bertz CT molecular complexity index is 673. The Kier molecular flexibility index (Phi) is 4.45. The molecule has 7 heteroatoms. The maximum absolute atomic E-state index is 11.8. The molecular formula is C14H14N4O3. The number of carboxylic acid groups (broad SMARTS) is 1. The second-order valence-corrected chi connectivity index (χ2v) is 4.34. The molecule has 0 saturated carbocycles. The van der Waals surface area contributed by atoms with Crippen molar-refractivity contribution in [3.63, 3.8) is 0 Å². The number of aromatic carboxylic acids is 1. The van der Waals surface area contributed by atoms with Gasteiger partial charge in [0.15, 0.2) is 0 Å². The molecular weight excluding hydrogens is 272 g/mol. The van der Waals surface area contributed by atoms with Gasteiger partial charge < -0.3 is 15.7 Å². The van der Waals surface area contributed by atoms with Gasteiger partial charge >= 0.3 is 12.0 Å². The fraction of sp³-hybridized carbons (Fsp3) is 0.143. The Labute approximate surface area is 121 Å². The number of hydrogen-bond donors (Lipinski definition) is 3. The van der Waals surface area contributed by atoms with Crippen molar-refractivity contribution in [3.8, 4) is 0 Å². The lowest BCUT2D eigenvalue weighted by molar-refractivity contribution is 0.0696. The van der Waals surface area contributed by atoms with Crippen molar-refractivity contribution >= 4 is 17.7 Å². The predicted molar refractivity (Wildman–Crippen MR) is 76.0 cm³/mol. The normalized spacial score (nSPS) is 9.95. The van der Waals surface area contributed by atoms with Crippen LogP contribution in [-0.2, 0) is 6.54 Å². The molecule has 0 aliphatic heterocycles. The van der Waals surface area contributed by atoms with Gasteiger partial charge in [-0.05, 0) is 30.7 Å². The molecule has 3 N–H and O–H groups in total. The highest BCUT2D eigenvalue weighted by Crippen LogP contribution is 2.10. The molecule has 2 amide bonds. The lowest BCUT2D eigenvalue weighted by Gasteiger charge is -2.09. The van der Waals surface area contributed by atoms with E-state index in [1.54, 1.807) is 18.5 Å². The molecule has 21 heavy (non-hydrogen) atoms. The third kappa shape index (κ3) is 4.00. The van der Waals surface area contributed by atoms with Crippen LogP contribution in [0.1, 0.15) is 21.6 Å². The van der Waals surface area contributed by atoms with Crippen LogP contribution in [0.2, 0.25) is 0 Å². The fourth-order valence-electron chi connectivity index (χ4n) is 1.64. The number of aryl methyl sites for hydroxylation is 1. The monoisotopic (exact) mass is 286 g/mol. The molecule has 108 valence electrons. The van der Waals surface area contributed by atoms with E-state index in [1.807, 2.05) is 6.92 Å². The van der Waals surface area contributed by atoms with Gasteiger partial charge in [-0.1, -0.05) is 0 Å². The lowest BCUT2D eigenvalue weighted by atomic mass is 10.2. The first kappa shape index (κ1) is 14.4.